The number of nitrogens with zero attached hydrogens (tertiary/aromatic N) is 1. The zero-order valence-electron chi connectivity index (χ0n) is 12.6. The van der Waals surface area contributed by atoms with Crippen LogP contribution in [0.25, 0.3) is 0 Å². The summed E-state index contributed by atoms with van der Waals surface area (Å²) >= 11 is 6.46. The Balaban J connectivity index is 1.85. The molecule has 1 aliphatic carbocycles. The Labute approximate surface area is 122 Å². The van der Waals surface area contributed by atoms with Crippen LogP contribution >= 0.6 is 11.6 Å². The van der Waals surface area contributed by atoms with Gasteiger partial charge in [-0.1, -0.05) is 20.8 Å². The van der Waals surface area contributed by atoms with Crippen LogP contribution in [0.3, 0.4) is 0 Å². The van der Waals surface area contributed by atoms with Crippen molar-refractivity contribution >= 4 is 17.5 Å². The maximum Gasteiger partial charge on any atom is 0.240 e. The van der Waals surface area contributed by atoms with Crippen LogP contribution in [-0.2, 0) is 4.79 Å². The van der Waals surface area contributed by atoms with Gasteiger partial charge in [0.1, 0.15) is 5.38 Å². The van der Waals surface area contributed by atoms with E-state index in [1.807, 2.05) is 4.90 Å². The topological polar surface area (TPSA) is 20.3 Å². The highest BCUT2D eigenvalue weighted by atomic mass is 35.5. The molecule has 2 fully saturated rings. The van der Waals surface area contributed by atoms with Gasteiger partial charge in [-0.2, -0.15) is 0 Å². The van der Waals surface area contributed by atoms with Crippen LogP contribution in [-0.4, -0.2) is 29.3 Å². The maximum atomic E-state index is 12.3. The Morgan fingerprint density at radius 1 is 1.11 bits per heavy atom. The SMILES string of the molecule is CC(C)(C)C1CCC(C(Cl)C(=O)N2CCCC2)CC1. The first kappa shape index (κ1) is 15.2. The molecule has 1 aliphatic heterocycles. The maximum absolute atomic E-state index is 12.3. The molecule has 1 unspecified atom stereocenters. The van der Waals surface area contributed by atoms with E-state index >= 15 is 0 Å². The van der Waals surface area contributed by atoms with Crippen molar-refractivity contribution in [2.45, 2.75) is 64.7 Å². The summed E-state index contributed by atoms with van der Waals surface area (Å²) in [4.78, 5) is 14.3. The van der Waals surface area contributed by atoms with Crippen molar-refractivity contribution in [3.63, 3.8) is 0 Å². The number of likely N-dealkylation sites (tertiary alicyclic amines) is 1. The Morgan fingerprint density at radius 2 is 1.63 bits per heavy atom. The molecule has 0 aromatic heterocycles. The summed E-state index contributed by atoms with van der Waals surface area (Å²) in [5.41, 5.74) is 0.395. The number of carbonyl (C=O) groups is 1. The molecule has 0 N–H and O–H groups in total. The minimum absolute atomic E-state index is 0.193. The number of carbonyl (C=O) groups excluding carboxylic acids is 1. The normalized spacial score (nSPS) is 30.4. The van der Waals surface area contributed by atoms with Crippen molar-refractivity contribution < 1.29 is 4.79 Å². The van der Waals surface area contributed by atoms with Crippen molar-refractivity contribution in [1.29, 1.82) is 0 Å². The fourth-order valence-corrected chi connectivity index (χ4v) is 3.98. The van der Waals surface area contributed by atoms with Gasteiger partial charge >= 0.3 is 0 Å². The first-order valence-corrected chi connectivity index (χ1v) is 8.26. The fraction of sp³-hybridized carbons (Fsp3) is 0.938. The highest BCUT2D eigenvalue weighted by molar-refractivity contribution is 6.30. The summed E-state index contributed by atoms with van der Waals surface area (Å²) in [6, 6.07) is 0. The highest BCUT2D eigenvalue weighted by Gasteiger charge is 2.36. The number of rotatable bonds is 2. The summed E-state index contributed by atoms with van der Waals surface area (Å²) < 4.78 is 0. The molecule has 110 valence electrons. The molecule has 0 radical (unpaired) electrons. The third-order valence-electron chi connectivity index (χ3n) is 5.06. The van der Waals surface area contributed by atoms with Crippen molar-refractivity contribution in [2.75, 3.05) is 13.1 Å². The molecule has 2 aliphatic rings. The molecule has 2 nitrogen and oxygen atoms in total. The van der Waals surface area contributed by atoms with Gasteiger partial charge in [-0.25, -0.2) is 0 Å². The predicted molar refractivity (Wildman–Crippen MR) is 80.4 cm³/mol. The van der Waals surface area contributed by atoms with Crippen LogP contribution < -0.4 is 0 Å². The van der Waals surface area contributed by atoms with Gasteiger partial charge in [0, 0.05) is 13.1 Å². The lowest BCUT2D eigenvalue weighted by Crippen LogP contribution is -2.40. The number of alkyl halides is 1. The standard InChI is InChI=1S/C16H28ClNO/c1-16(2,3)13-8-6-12(7-9-13)14(17)15(19)18-10-4-5-11-18/h12-14H,4-11H2,1-3H3. The van der Waals surface area contributed by atoms with Gasteiger partial charge in [0.15, 0.2) is 0 Å². The zero-order chi connectivity index (χ0) is 14.0. The van der Waals surface area contributed by atoms with E-state index < -0.39 is 0 Å². The lowest BCUT2D eigenvalue weighted by molar-refractivity contribution is -0.131. The number of hydrogen-bond donors (Lipinski definition) is 0. The average molecular weight is 286 g/mol. The van der Waals surface area contributed by atoms with Crippen LogP contribution in [0.5, 0.6) is 0 Å². The monoisotopic (exact) mass is 285 g/mol. The lowest BCUT2D eigenvalue weighted by atomic mass is 9.69. The molecular formula is C16H28ClNO. The minimum Gasteiger partial charge on any atom is -0.341 e. The van der Waals surface area contributed by atoms with Crippen LogP contribution in [0.2, 0.25) is 0 Å². The van der Waals surface area contributed by atoms with E-state index in [1.54, 1.807) is 0 Å². The summed E-state index contributed by atoms with van der Waals surface area (Å²) in [6.07, 6.45) is 6.99. The fourth-order valence-electron chi connectivity index (χ4n) is 3.59. The number of hydrogen-bond acceptors (Lipinski definition) is 1. The third-order valence-corrected chi connectivity index (χ3v) is 5.61. The molecule has 1 amide bonds. The molecule has 1 saturated carbocycles. The van der Waals surface area contributed by atoms with Crippen LogP contribution in [0.4, 0.5) is 0 Å². The summed E-state index contributed by atoms with van der Waals surface area (Å²) in [7, 11) is 0. The Bertz CT molecular complexity index is 309. The second-order valence-corrected chi connectivity index (χ2v) is 7.88. The molecule has 0 aromatic rings. The van der Waals surface area contributed by atoms with Crippen molar-refractivity contribution in [3.05, 3.63) is 0 Å². The molecule has 0 spiro atoms. The largest absolute Gasteiger partial charge is 0.341 e. The molecule has 3 heteroatoms. The first-order valence-electron chi connectivity index (χ1n) is 7.82. The summed E-state index contributed by atoms with van der Waals surface area (Å²) in [5, 5.41) is -0.279. The Hall–Kier alpha value is -0.240. The van der Waals surface area contributed by atoms with Gasteiger partial charge in [-0.15, -0.1) is 11.6 Å². The van der Waals surface area contributed by atoms with Crippen molar-refractivity contribution in [1.82, 2.24) is 4.90 Å². The Morgan fingerprint density at radius 3 is 2.11 bits per heavy atom. The number of amides is 1. The molecule has 1 saturated heterocycles. The van der Waals surface area contributed by atoms with Gasteiger partial charge in [0.2, 0.25) is 5.91 Å². The van der Waals surface area contributed by atoms with Crippen molar-refractivity contribution in [2.24, 2.45) is 17.3 Å². The molecular weight excluding hydrogens is 258 g/mol. The van der Waals surface area contributed by atoms with E-state index in [0.717, 1.165) is 44.7 Å². The number of halogens is 1. The van der Waals surface area contributed by atoms with Crippen molar-refractivity contribution in [3.8, 4) is 0 Å². The van der Waals surface area contributed by atoms with E-state index in [9.17, 15) is 4.79 Å². The second kappa shape index (κ2) is 6.03. The molecule has 1 heterocycles. The van der Waals surface area contributed by atoms with Gasteiger partial charge < -0.3 is 4.90 Å². The van der Waals surface area contributed by atoms with Gasteiger partial charge in [0.25, 0.3) is 0 Å². The highest BCUT2D eigenvalue weighted by Crippen LogP contribution is 2.41. The average Bonchev–Trinajstić information content (AvgIpc) is 2.90. The van der Waals surface area contributed by atoms with Crippen LogP contribution in [0.15, 0.2) is 0 Å². The van der Waals surface area contributed by atoms with E-state index in [1.165, 1.54) is 12.8 Å². The second-order valence-electron chi connectivity index (χ2n) is 7.41. The van der Waals surface area contributed by atoms with E-state index in [-0.39, 0.29) is 11.3 Å². The summed E-state index contributed by atoms with van der Waals surface area (Å²) in [6.45, 7) is 8.81. The Kier molecular flexibility index (Phi) is 4.81. The lowest BCUT2D eigenvalue weighted by Gasteiger charge is -2.38. The predicted octanol–water partition coefficient (Wildman–Crippen LogP) is 4.07. The summed E-state index contributed by atoms with van der Waals surface area (Å²) in [5.74, 6) is 1.38. The minimum atomic E-state index is -0.279. The van der Waals surface area contributed by atoms with E-state index in [0.29, 0.717) is 11.3 Å². The van der Waals surface area contributed by atoms with Gasteiger partial charge in [-0.05, 0) is 55.8 Å². The van der Waals surface area contributed by atoms with E-state index in [4.69, 9.17) is 11.6 Å². The third kappa shape index (κ3) is 3.65. The first-order chi connectivity index (χ1) is 8.89. The van der Waals surface area contributed by atoms with Gasteiger partial charge in [-0.3, -0.25) is 4.79 Å². The van der Waals surface area contributed by atoms with E-state index in [2.05, 4.69) is 20.8 Å². The zero-order valence-corrected chi connectivity index (χ0v) is 13.4. The molecule has 0 aromatic carbocycles. The quantitative estimate of drug-likeness (QED) is 0.701. The van der Waals surface area contributed by atoms with Gasteiger partial charge in [0.05, 0.1) is 0 Å². The molecule has 0 bridgehead atoms. The van der Waals surface area contributed by atoms with Crippen LogP contribution in [0.1, 0.15) is 59.3 Å². The molecule has 19 heavy (non-hydrogen) atoms. The van der Waals surface area contributed by atoms with Crippen LogP contribution in [0, 0.1) is 17.3 Å². The molecule has 1 atom stereocenters. The molecule has 2 rings (SSSR count). The smallest absolute Gasteiger partial charge is 0.240 e.